The molecule has 13 heteroatoms. The first-order chi connectivity index (χ1) is 16.3. The average Bonchev–Trinajstić information content (AvgIpc) is 3.31. The van der Waals surface area contributed by atoms with Gasteiger partial charge in [0.2, 0.25) is 21.1 Å². The fourth-order valence-corrected chi connectivity index (χ4v) is 5.10. The Hall–Kier alpha value is -3.16. The number of piperazine rings is 1. The summed E-state index contributed by atoms with van der Waals surface area (Å²) in [6.45, 7) is 1.91. The Morgan fingerprint density at radius 1 is 1.09 bits per heavy atom. The highest BCUT2D eigenvalue weighted by Crippen LogP contribution is 2.28. The molecule has 2 aromatic carbocycles. The molecule has 1 saturated heterocycles. The summed E-state index contributed by atoms with van der Waals surface area (Å²) in [4.78, 5) is 14.8. The second-order valence-electron chi connectivity index (χ2n) is 7.57. The molecule has 1 N–H and O–H groups in total. The van der Waals surface area contributed by atoms with Gasteiger partial charge < -0.3 is 15.0 Å². The highest BCUT2D eigenvalue weighted by atomic mass is 32.2. The average molecular weight is 504 g/mol. The summed E-state index contributed by atoms with van der Waals surface area (Å²) in [7, 11) is -1.61. The van der Waals surface area contributed by atoms with Crippen LogP contribution < -0.4 is 15.0 Å². The van der Waals surface area contributed by atoms with E-state index in [1.54, 1.807) is 11.8 Å². The van der Waals surface area contributed by atoms with Crippen molar-refractivity contribution in [3.8, 4) is 11.4 Å². The number of benzene rings is 2. The van der Waals surface area contributed by atoms with E-state index in [1.807, 2.05) is 48.5 Å². The van der Waals surface area contributed by atoms with Crippen molar-refractivity contribution in [2.45, 2.75) is 5.16 Å². The second kappa shape index (κ2) is 10.4. The number of hydrogen-bond acceptors (Lipinski definition) is 9. The van der Waals surface area contributed by atoms with Crippen LogP contribution in [-0.4, -0.2) is 84.1 Å². The minimum atomic E-state index is -3.21. The number of amides is 1. The van der Waals surface area contributed by atoms with Crippen molar-refractivity contribution >= 4 is 39.1 Å². The van der Waals surface area contributed by atoms with Crippen molar-refractivity contribution in [3.05, 3.63) is 48.5 Å². The van der Waals surface area contributed by atoms with Crippen LogP contribution in [0.2, 0.25) is 0 Å². The first-order valence-corrected chi connectivity index (χ1v) is 13.3. The third-order valence-electron chi connectivity index (χ3n) is 5.32. The number of thioether (sulfide) groups is 1. The van der Waals surface area contributed by atoms with Crippen molar-refractivity contribution in [1.29, 1.82) is 0 Å². The zero-order valence-corrected chi connectivity index (χ0v) is 20.4. The fourth-order valence-electron chi connectivity index (χ4n) is 3.59. The van der Waals surface area contributed by atoms with Gasteiger partial charge in [0.1, 0.15) is 5.75 Å². The molecule has 0 saturated carbocycles. The minimum absolute atomic E-state index is 0.118. The van der Waals surface area contributed by atoms with Gasteiger partial charge in [-0.2, -0.15) is 8.99 Å². The van der Waals surface area contributed by atoms with E-state index in [0.29, 0.717) is 37.0 Å². The highest BCUT2D eigenvalue weighted by Gasteiger charge is 2.25. The number of anilines is 2. The van der Waals surface area contributed by atoms with Gasteiger partial charge in [-0.1, -0.05) is 23.9 Å². The van der Waals surface area contributed by atoms with Crippen LogP contribution in [0.4, 0.5) is 11.4 Å². The number of para-hydroxylation sites is 2. The topological polar surface area (TPSA) is 123 Å². The maximum atomic E-state index is 12.7. The monoisotopic (exact) mass is 503 g/mol. The summed E-state index contributed by atoms with van der Waals surface area (Å²) in [6.07, 6.45) is 1.22. The number of rotatable bonds is 8. The summed E-state index contributed by atoms with van der Waals surface area (Å²) in [6, 6.07) is 14.8. The van der Waals surface area contributed by atoms with E-state index in [9.17, 15) is 13.2 Å². The molecule has 0 radical (unpaired) electrons. The Morgan fingerprint density at radius 3 is 2.47 bits per heavy atom. The van der Waals surface area contributed by atoms with Crippen LogP contribution in [0.15, 0.2) is 53.7 Å². The van der Waals surface area contributed by atoms with Gasteiger partial charge in [-0.05, 0) is 46.8 Å². The van der Waals surface area contributed by atoms with E-state index in [-0.39, 0.29) is 11.7 Å². The molecule has 1 fully saturated rings. The summed E-state index contributed by atoms with van der Waals surface area (Å²) < 4.78 is 31.8. The molecule has 3 aromatic rings. The Bertz CT molecular complexity index is 1240. The fraction of sp³-hybridized carbons (Fsp3) is 0.333. The molecule has 11 nitrogen and oxygen atoms in total. The molecule has 1 aliphatic rings. The Balaban J connectivity index is 1.38. The van der Waals surface area contributed by atoms with E-state index < -0.39 is 10.0 Å². The quantitative estimate of drug-likeness (QED) is 0.455. The van der Waals surface area contributed by atoms with E-state index >= 15 is 0 Å². The van der Waals surface area contributed by atoms with Crippen molar-refractivity contribution in [2.24, 2.45) is 0 Å². The van der Waals surface area contributed by atoms with Gasteiger partial charge in [0.05, 0.1) is 36.2 Å². The number of hydrogen-bond donors (Lipinski definition) is 1. The van der Waals surface area contributed by atoms with Crippen LogP contribution in [0.25, 0.3) is 5.69 Å². The van der Waals surface area contributed by atoms with Crippen LogP contribution >= 0.6 is 11.8 Å². The lowest BCUT2D eigenvalue weighted by Gasteiger charge is -2.35. The highest BCUT2D eigenvalue weighted by molar-refractivity contribution is 7.99. The number of aromatic nitrogens is 4. The van der Waals surface area contributed by atoms with Gasteiger partial charge in [0.25, 0.3) is 0 Å². The lowest BCUT2D eigenvalue weighted by atomic mass is 10.2. The first kappa shape index (κ1) is 24.0. The van der Waals surface area contributed by atoms with E-state index in [1.165, 1.54) is 22.3 Å². The van der Waals surface area contributed by atoms with Gasteiger partial charge in [-0.3, -0.25) is 4.79 Å². The van der Waals surface area contributed by atoms with E-state index in [0.717, 1.165) is 17.1 Å². The molecule has 2 heterocycles. The SMILES string of the molecule is COc1ccc(-n2nnnc2SCC(=O)Nc2ccccc2N2CCN(S(C)(=O)=O)CC2)cc1. The molecule has 0 atom stereocenters. The lowest BCUT2D eigenvalue weighted by molar-refractivity contribution is -0.113. The van der Waals surface area contributed by atoms with Crippen molar-refractivity contribution < 1.29 is 17.9 Å². The molecular formula is C21H25N7O4S2. The third-order valence-corrected chi connectivity index (χ3v) is 7.54. The molecule has 0 spiro atoms. The minimum Gasteiger partial charge on any atom is -0.497 e. The number of carbonyl (C=O) groups is 1. The van der Waals surface area contributed by atoms with Crippen molar-refractivity contribution in [3.63, 3.8) is 0 Å². The van der Waals surface area contributed by atoms with Crippen LogP contribution in [0, 0.1) is 0 Å². The second-order valence-corrected chi connectivity index (χ2v) is 10.5. The molecule has 4 rings (SSSR count). The number of nitrogens with one attached hydrogen (secondary N) is 1. The summed E-state index contributed by atoms with van der Waals surface area (Å²) in [5, 5.41) is 15.2. The molecule has 0 unspecified atom stereocenters. The molecular weight excluding hydrogens is 478 g/mol. The Morgan fingerprint density at radius 2 is 1.79 bits per heavy atom. The molecule has 1 aliphatic heterocycles. The predicted octanol–water partition coefficient (Wildman–Crippen LogP) is 1.48. The van der Waals surface area contributed by atoms with Gasteiger partial charge in [0.15, 0.2) is 0 Å². The number of sulfonamides is 1. The normalized spacial score (nSPS) is 14.7. The largest absolute Gasteiger partial charge is 0.497 e. The smallest absolute Gasteiger partial charge is 0.234 e. The van der Waals surface area contributed by atoms with Crippen LogP contribution in [0.3, 0.4) is 0 Å². The van der Waals surface area contributed by atoms with Crippen LogP contribution in [0.1, 0.15) is 0 Å². The van der Waals surface area contributed by atoms with Crippen molar-refractivity contribution in [1.82, 2.24) is 24.5 Å². The number of nitrogens with zero attached hydrogens (tertiary/aromatic N) is 6. The van der Waals surface area contributed by atoms with Crippen LogP contribution in [0.5, 0.6) is 5.75 Å². The predicted molar refractivity (Wildman–Crippen MR) is 130 cm³/mol. The summed E-state index contributed by atoms with van der Waals surface area (Å²) in [5.41, 5.74) is 2.29. The van der Waals surface area contributed by atoms with Gasteiger partial charge in [-0.15, -0.1) is 5.10 Å². The van der Waals surface area contributed by atoms with E-state index in [2.05, 4.69) is 25.7 Å². The van der Waals surface area contributed by atoms with Crippen molar-refractivity contribution in [2.75, 3.05) is 55.5 Å². The molecule has 180 valence electrons. The molecule has 0 aliphatic carbocycles. The van der Waals surface area contributed by atoms with E-state index in [4.69, 9.17) is 4.74 Å². The maximum absolute atomic E-state index is 12.7. The lowest BCUT2D eigenvalue weighted by Crippen LogP contribution is -2.48. The van der Waals surface area contributed by atoms with Gasteiger partial charge in [0, 0.05) is 26.2 Å². The number of carbonyl (C=O) groups excluding carboxylic acids is 1. The first-order valence-electron chi connectivity index (χ1n) is 10.5. The van der Waals surface area contributed by atoms with Gasteiger partial charge >= 0.3 is 0 Å². The maximum Gasteiger partial charge on any atom is 0.234 e. The molecule has 1 aromatic heterocycles. The van der Waals surface area contributed by atoms with Crippen LogP contribution in [-0.2, 0) is 14.8 Å². The Kier molecular flexibility index (Phi) is 7.34. The zero-order chi connectivity index (χ0) is 24.1. The zero-order valence-electron chi connectivity index (χ0n) is 18.8. The third kappa shape index (κ3) is 5.66. The molecule has 0 bridgehead atoms. The number of methoxy groups -OCH3 is 1. The van der Waals surface area contributed by atoms with Gasteiger partial charge in [-0.25, -0.2) is 8.42 Å². The standard InChI is InChI=1S/C21H25N7O4S2/c1-32-17-9-7-16(8-10-17)28-21(23-24-25-28)33-15-20(29)22-18-5-3-4-6-19(18)26-11-13-27(14-12-26)34(2,30)31/h3-10H,11-15H2,1-2H3,(H,22,29). The molecule has 1 amide bonds. The summed E-state index contributed by atoms with van der Waals surface area (Å²) >= 11 is 1.23. The Labute approximate surface area is 202 Å². The number of tetrazole rings is 1. The summed E-state index contributed by atoms with van der Waals surface area (Å²) in [5.74, 6) is 0.644. The number of ether oxygens (including phenoxy) is 1. The molecule has 34 heavy (non-hydrogen) atoms.